The van der Waals surface area contributed by atoms with Crippen molar-refractivity contribution in [3.63, 3.8) is 0 Å². The number of halogens is 7. The van der Waals surface area contributed by atoms with E-state index in [1.165, 1.54) is 0 Å². The second-order valence-corrected chi connectivity index (χ2v) is 7.54. The van der Waals surface area contributed by atoms with Crippen molar-refractivity contribution in [2.45, 2.75) is 51.3 Å². The molecule has 2 unspecified atom stereocenters. The molecular weight excluding hydrogens is 433 g/mol. The molecule has 0 spiro atoms. The van der Waals surface area contributed by atoms with Crippen molar-refractivity contribution in [2.75, 3.05) is 0 Å². The fourth-order valence-electron chi connectivity index (χ4n) is 3.94. The molecular formula is C21H19F7O3. The number of hydrogen-bond donors (Lipinski definition) is 0. The third kappa shape index (κ3) is 5.22. The van der Waals surface area contributed by atoms with Crippen molar-refractivity contribution < 1.29 is 45.0 Å². The average molecular weight is 452 g/mol. The highest BCUT2D eigenvalue weighted by molar-refractivity contribution is 5.87. The minimum atomic E-state index is -5.30. The molecule has 0 bridgehead atoms. The Morgan fingerprint density at radius 2 is 1.74 bits per heavy atom. The number of benzene rings is 2. The standard InChI is InChI=1S/C21H19F7O3/c1-2-3-10-6-14(22)17(15(23)7-10)20(29)30-12-4-5-13-11(8-12)9-16(24)19(18(13)25)31-21(26,27)28/h4-5,8-10,14-15,17H,2-3,6-7H2,1H3. The highest BCUT2D eigenvalue weighted by Crippen LogP contribution is 2.38. The average Bonchev–Trinajstić information content (AvgIpc) is 2.64. The molecule has 0 radical (unpaired) electrons. The Hall–Kier alpha value is -2.52. The van der Waals surface area contributed by atoms with Crippen LogP contribution in [-0.2, 0) is 4.79 Å². The van der Waals surface area contributed by atoms with E-state index in [1.54, 1.807) is 0 Å². The molecule has 3 nitrogen and oxygen atoms in total. The lowest BCUT2D eigenvalue weighted by Crippen LogP contribution is -2.42. The van der Waals surface area contributed by atoms with Crippen LogP contribution < -0.4 is 9.47 Å². The Labute approximate surface area is 173 Å². The molecule has 10 heteroatoms. The molecule has 2 aromatic carbocycles. The maximum atomic E-state index is 14.4. The Bertz CT molecular complexity index is 948. The van der Waals surface area contributed by atoms with Crippen LogP contribution in [0.1, 0.15) is 32.6 Å². The summed E-state index contributed by atoms with van der Waals surface area (Å²) in [6, 6.07) is 3.54. The van der Waals surface area contributed by atoms with Crippen molar-refractivity contribution in [3.05, 3.63) is 35.9 Å². The number of carbonyl (C=O) groups is 1. The van der Waals surface area contributed by atoms with Gasteiger partial charge < -0.3 is 9.47 Å². The predicted octanol–water partition coefficient (Wildman–Crippen LogP) is 6.42. The van der Waals surface area contributed by atoms with Crippen LogP contribution in [0.3, 0.4) is 0 Å². The molecule has 3 rings (SSSR count). The number of rotatable bonds is 5. The topological polar surface area (TPSA) is 35.5 Å². The second kappa shape index (κ2) is 8.92. The van der Waals surface area contributed by atoms with Crippen molar-refractivity contribution >= 4 is 16.7 Å². The van der Waals surface area contributed by atoms with Crippen LogP contribution in [0.2, 0.25) is 0 Å². The van der Waals surface area contributed by atoms with Crippen molar-refractivity contribution in [2.24, 2.45) is 11.8 Å². The van der Waals surface area contributed by atoms with Gasteiger partial charge in [-0.25, -0.2) is 17.6 Å². The summed E-state index contributed by atoms with van der Waals surface area (Å²) in [5.74, 6) is -8.03. The van der Waals surface area contributed by atoms with Gasteiger partial charge in [0, 0.05) is 5.39 Å². The predicted molar refractivity (Wildman–Crippen MR) is 97.1 cm³/mol. The van der Waals surface area contributed by atoms with Gasteiger partial charge in [0.15, 0.2) is 11.6 Å². The SMILES string of the molecule is CCCC1CC(F)C(C(=O)Oc2ccc3c(F)c(OC(F)(F)F)c(F)cc3c2)C(F)C1. The van der Waals surface area contributed by atoms with Gasteiger partial charge in [-0.05, 0) is 48.4 Å². The second-order valence-electron chi connectivity index (χ2n) is 7.54. The Morgan fingerprint density at radius 1 is 1.10 bits per heavy atom. The van der Waals surface area contributed by atoms with Crippen LogP contribution >= 0.6 is 0 Å². The van der Waals surface area contributed by atoms with Crippen molar-refractivity contribution in [1.82, 2.24) is 0 Å². The Morgan fingerprint density at radius 3 is 2.32 bits per heavy atom. The normalized spacial score (nSPS) is 24.3. The maximum absolute atomic E-state index is 14.4. The largest absolute Gasteiger partial charge is 0.573 e. The highest BCUT2D eigenvalue weighted by atomic mass is 19.4. The monoisotopic (exact) mass is 452 g/mol. The lowest BCUT2D eigenvalue weighted by molar-refractivity contribution is -0.276. The third-order valence-corrected chi connectivity index (χ3v) is 5.26. The molecule has 0 amide bonds. The van der Waals surface area contributed by atoms with E-state index in [1.807, 2.05) is 6.92 Å². The summed E-state index contributed by atoms with van der Waals surface area (Å²) in [6.07, 6.45) is -7.29. The number of esters is 1. The number of hydrogen-bond acceptors (Lipinski definition) is 3. The number of ether oxygens (including phenoxy) is 2. The zero-order chi connectivity index (χ0) is 22.9. The Balaban J connectivity index is 1.81. The molecule has 1 fully saturated rings. The molecule has 1 saturated carbocycles. The van der Waals surface area contributed by atoms with E-state index >= 15 is 0 Å². The van der Waals surface area contributed by atoms with Gasteiger partial charge in [0.2, 0.25) is 5.75 Å². The molecule has 0 heterocycles. The summed E-state index contributed by atoms with van der Waals surface area (Å²) in [6.45, 7) is 1.89. The van der Waals surface area contributed by atoms with Crippen LogP contribution in [0.25, 0.3) is 10.8 Å². The summed E-state index contributed by atoms with van der Waals surface area (Å²) in [5, 5.41) is -0.651. The van der Waals surface area contributed by atoms with E-state index in [9.17, 15) is 35.5 Å². The zero-order valence-electron chi connectivity index (χ0n) is 16.3. The molecule has 2 aromatic rings. The van der Waals surface area contributed by atoms with Gasteiger partial charge in [-0.1, -0.05) is 19.8 Å². The number of carbonyl (C=O) groups excluding carboxylic acids is 1. The van der Waals surface area contributed by atoms with Crippen LogP contribution in [0.4, 0.5) is 30.7 Å². The van der Waals surface area contributed by atoms with Gasteiger partial charge in [0.1, 0.15) is 24.0 Å². The van der Waals surface area contributed by atoms with E-state index in [0.717, 1.165) is 24.6 Å². The molecule has 170 valence electrons. The molecule has 1 aliphatic rings. The van der Waals surface area contributed by atoms with Crippen LogP contribution in [0.5, 0.6) is 11.5 Å². The van der Waals surface area contributed by atoms with E-state index < -0.39 is 53.4 Å². The number of alkyl halides is 5. The molecule has 31 heavy (non-hydrogen) atoms. The van der Waals surface area contributed by atoms with Gasteiger partial charge in [-0.2, -0.15) is 0 Å². The van der Waals surface area contributed by atoms with Crippen LogP contribution in [0.15, 0.2) is 24.3 Å². The molecule has 0 aromatic heterocycles. The molecule has 1 aliphatic carbocycles. The first-order valence-electron chi connectivity index (χ1n) is 9.67. The number of fused-ring (bicyclic) bond motifs is 1. The van der Waals surface area contributed by atoms with Gasteiger partial charge in [0.25, 0.3) is 0 Å². The third-order valence-electron chi connectivity index (χ3n) is 5.26. The van der Waals surface area contributed by atoms with Gasteiger partial charge in [-0.3, -0.25) is 4.79 Å². The first-order valence-corrected chi connectivity index (χ1v) is 9.67. The molecule has 0 aliphatic heterocycles. The summed E-state index contributed by atoms with van der Waals surface area (Å²) in [5.41, 5.74) is 0. The molecule has 2 atom stereocenters. The highest BCUT2D eigenvalue weighted by Gasteiger charge is 2.44. The lowest BCUT2D eigenvalue weighted by Gasteiger charge is -2.33. The van der Waals surface area contributed by atoms with Crippen LogP contribution in [-0.4, -0.2) is 24.7 Å². The van der Waals surface area contributed by atoms with E-state index in [0.29, 0.717) is 12.5 Å². The summed E-state index contributed by atoms with van der Waals surface area (Å²) in [4.78, 5) is 12.3. The van der Waals surface area contributed by atoms with Gasteiger partial charge >= 0.3 is 12.3 Å². The lowest BCUT2D eigenvalue weighted by atomic mass is 9.77. The smallest absolute Gasteiger partial charge is 0.426 e. The first-order chi connectivity index (χ1) is 14.5. The van der Waals surface area contributed by atoms with Gasteiger partial charge in [-0.15, -0.1) is 13.2 Å². The zero-order valence-corrected chi connectivity index (χ0v) is 16.3. The maximum Gasteiger partial charge on any atom is 0.573 e. The van der Waals surface area contributed by atoms with E-state index in [4.69, 9.17) is 4.74 Å². The summed E-state index contributed by atoms with van der Waals surface area (Å²) >= 11 is 0. The quantitative estimate of drug-likeness (QED) is 0.298. The Kier molecular flexibility index (Phi) is 6.66. The van der Waals surface area contributed by atoms with Crippen molar-refractivity contribution in [1.29, 1.82) is 0 Å². The molecule has 0 N–H and O–H groups in total. The summed E-state index contributed by atoms with van der Waals surface area (Å²) in [7, 11) is 0. The fourth-order valence-corrected chi connectivity index (χ4v) is 3.94. The van der Waals surface area contributed by atoms with E-state index in [-0.39, 0.29) is 29.9 Å². The van der Waals surface area contributed by atoms with Crippen LogP contribution in [0, 0.1) is 23.5 Å². The van der Waals surface area contributed by atoms with E-state index in [2.05, 4.69) is 4.74 Å². The minimum absolute atomic E-state index is 0.0319. The minimum Gasteiger partial charge on any atom is -0.426 e. The van der Waals surface area contributed by atoms with Crippen molar-refractivity contribution in [3.8, 4) is 11.5 Å². The first kappa shape index (κ1) is 23.1. The molecule has 0 saturated heterocycles. The van der Waals surface area contributed by atoms with Gasteiger partial charge in [0.05, 0.1) is 0 Å². The summed E-state index contributed by atoms with van der Waals surface area (Å²) < 4.78 is 102. The fraction of sp³-hybridized carbons (Fsp3) is 0.476.